The molecule has 1 fully saturated rings. The van der Waals surface area contributed by atoms with Crippen molar-refractivity contribution in [3.8, 4) is 11.5 Å². The topological polar surface area (TPSA) is 59.6 Å². The maximum atomic E-state index is 12.5. The van der Waals surface area contributed by atoms with Gasteiger partial charge in [0.05, 0.1) is 6.04 Å². The van der Waals surface area contributed by atoms with Crippen LogP contribution in [-0.4, -0.2) is 32.2 Å². The van der Waals surface area contributed by atoms with Crippen LogP contribution in [0.4, 0.5) is 0 Å². The van der Waals surface area contributed by atoms with Crippen LogP contribution >= 0.6 is 12.4 Å². The van der Waals surface area contributed by atoms with Crippen molar-refractivity contribution in [2.75, 3.05) is 26.3 Å². The summed E-state index contributed by atoms with van der Waals surface area (Å²) >= 11 is 0. The van der Waals surface area contributed by atoms with Gasteiger partial charge < -0.3 is 20.1 Å². The normalized spacial score (nSPS) is 18.1. The van der Waals surface area contributed by atoms with E-state index in [0.717, 1.165) is 36.6 Å². The lowest BCUT2D eigenvalue weighted by molar-refractivity contribution is -0.122. The highest BCUT2D eigenvalue weighted by atomic mass is 35.5. The molecule has 2 aliphatic rings. The monoisotopic (exact) mass is 382 g/mol. The van der Waals surface area contributed by atoms with E-state index in [1.54, 1.807) is 0 Å². The predicted molar refractivity (Wildman–Crippen MR) is 105 cm³/mol. The number of carbonyl (C=O) groups excluding carboxylic acids is 1. The summed E-state index contributed by atoms with van der Waals surface area (Å²) < 4.78 is 11.3. The van der Waals surface area contributed by atoms with Crippen molar-refractivity contribution in [1.82, 2.24) is 10.6 Å². The van der Waals surface area contributed by atoms with E-state index < -0.39 is 0 Å². The first-order valence-electron chi connectivity index (χ1n) is 9.53. The first kappa shape index (κ1) is 20.8. The van der Waals surface area contributed by atoms with E-state index >= 15 is 0 Å². The van der Waals surface area contributed by atoms with Gasteiger partial charge in [-0.15, -0.1) is 12.4 Å². The molecule has 6 heteroatoms. The third-order valence-corrected chi connectivity index (χ3v) is 5.15. The first-order chi connectivity index (χ1) is 12.1. The van der Waals surface area contributed by atoms with Crippen molar-refractivity contribution in [1.29, 1.82) is 0 Å². The number of ether oxygens (including phenoxy) is 2. The summed E-state index contributed by atoms with van der Waals surface area (Å²) in [6, 6.07) is 5.98. The lowest BCUT2D eigenvalue weighted by Crippen LogP contribution is -2.33. The maximum absolute atomic E-state index is 12.5. The molecule has 5 nitrogen and oxygen atoms in total. The standard InChI is InChI=1S/C20H30N2O3.ClH/c1-14(2)20(16-4-5-17-18(13-16)25-12-11-24-17)22-19(23)6-3-15-7-9-21-10-8-15;/h4-5,13-15,20-21H,3,6-12H2,1-2H3,(H,22,23);1H. The number of fused-ring (bicyclic) bond motifs is 1. The van der Waals surface area contributed by atoms with Gasteiger partial charge in [0.25, 0.3) is 0 Å². The minimum absolute atomic E-state index is 0. The average Bonchev–Trinajstić information content (AvgIpc) is 2.64. The van der Waals surface area contributed by atoms with Crippen molar-refractivity contribution < 1.29 is 14.3 Å². The third kappa shape index (κ3) is 5.52. The van der Waals surface area contributed by atoms with E-state index in [-0.39, 0.29) is 24.4 Å². The van der Waals surface area contributed by atoms with Crippen molar-refractivity contribution in [2.24, 2.45) is 11.8 Å². The number of rotatable bonds is 6. The van der Waals surface area contributed by atoms with Gasteiger partial charge in [0, 0.05) is 6.42 Å². The van der Waals surface area contributed by atoms with E-state index in [2.05, 4.69) is 24.5 Å². The largest absolute Gasteiger partial charge is 0.486 e. The van der Waals surface area contributed by atoms with E-state index in [4.69, 9.17) is 9.47 Å². The number of halogens is 1. The van der Waals surface area contributed by atoms with Gasteiger partial charge in [0.2, 0.25) is 5.91 Å². The average molecular weight is 383 g/mol. The molecule has 1 amide bonds. The van der Waals surface area contributed by atoms with Gasteiger partial charge in [-0.2, -0.15) is 0 Å². The second-order valence-corrected chi connectivity index (χ2v) is 7.42. The summed E-state index contributed by atoms with van der Waals surface area (Å²) in [4.78, 5) is 12.5. The highest BCUT2D eigenvalue weighted by Gasteiger charge is 2.22. The summed E-state index contributed by atoms with van der Waals surface area (Å²) in [6.07, 6.45) is 3.96. The molecule has 1 aromatic carbocycles. The summed E-state index contributed by atoms with van der Waals surface area (Å²) in [5.41, 5.74) is 1.08. The van der Waals surface area contributed by atoms with Crippen LogP contribution in [0, 0.1) is 11.8 Å². The molecule has 1 aromatic rings. The molecular formula is C20H31ClN2O3. The fourth-order valence-electron chi connectivity index (χ4n) is 3.64. The van der Waals surface area contributed by atoms with Gasteiger partial charge in [-0.25, -0.2) is 0 Å². The van der Waals surface area contributed by atoms with Crippen molar-refractivity contribution >= 4 is 18.3 Å². The molecule has 2 N–H and O–H groups in total. The number of amides is 1. The lowest BCUT2D eigenvalue weighted by Gasteiger charge is -2.26. The van der Waals surface area contributed by atoms with Crippen molar-refractivity contribution in [3.63, 3.8) is 0 Å². The van der Waals surface area contributed by atoms with Crippen LogP contribution in [0.15, 0.2) is 18.2 Å². The number of nitrogens with one attached hydrogen (secondary N) is 2. The molecule has 0 radical (unpaired) electrons. The number of carbonyl (C=O) groups is 1. The fourth-order valence-corrected chi connectivity index (χ4v) is 3.64. The van der Waals surface area contributed by atoms with Gasteiger partial charge in [-0.05, 0) is 61.9 Å². The molecule has 0 saturated carbocycles. The Morgan fingerprint density at radius 2 is 1.88 bits per heavy atom. The Morgan fingerprint density at radius 1 is 1.19 bits per heavy atom. The number of hydrogen-bond acceptors (Lipinski definition) is 4. The third-order valence-electron chi connectivity index (χ3n) is 5.15. The number of hydrogen-bond donors (Lipinski definition) is 2. The Balaban J connectivity index is 0.00000243. The summed E-state index contributed by atoms with van der Waals surface area (Å²) in [7, 11) is 0. The Morgan fingerprint density at radius 3 is 2.58 bits per heavy atom. The summed E-state index contributed by atoms with van der Waals surface area (Å²) in [5.74, 6) is 2.70. The number of benzene rings is 1. The SMILES string of the molecule is CC(C)C(NC(=O)CCC1CCNCC1)c1ccc2c(c1)OCCO2.Cl. The Bertz CT molecular complexity index is 588. The highest BCUT2D eigenvalue weighted by Crippen LogP contribution is 2.34. The molecule has 0 aromatic heterocycles. The molecule has 1 atom stereocenters. The molecule has 0 aliphatic carbocycles. The van der Waals surface area contributed by atoms with E-state index in [9.17, 15) is 4.79 Å². The summed E-state index contributed by atoms with van der Waals surface area (Å²) in [5, 5.41) is 6.60. The van der Waals surface area contributed by atoms with Gasteiger partial charge in [-0.1, -0.05) is 19.9 Å². The smallest absolute Gasteiger partial charge is 0.220 e. The van der Waals surface area contributed by atoms with E-state index in [0.29, 0.717) is 31.5 Å². The zero-order chi connectivity index (χ0) is 17.6. The Hall–Kier alpha value is -1.46. The molecule has 0 spiro atoms. The lowest BCUT2D eigenvalue weighted by atomic mass is 9.92. The first-order valence-corrected chi connectivity index (χ1v) is 9.53. The summed E-state index contributed by atoms with van der Waals surface area (Å²) in [6.45, 7) is 7.60. The van der Waals surface area contributed by atoms with Gasteiger partial charge in [-0.3, -0.25) is 4.79 Å². The molecule has 1 saturated heterocycles. The van der Waals surface area contributed by atoms with Gasteiger partial charge in [0.1, 0.15) is 13.2 Å². The minimum atomic E-state index is -0.00338. The van der Waals surface area contributed by atoms with Crippen LogP contribution in [-0.2, 0) is 4.79 Å². The minimum Gasteiger partial charge on any atom is -0.486 e. The van der Waals surface area contributed by atoms with Crippen LogP contribution in [0.3, 0.4) is 0 Å². The molecule has 146 valence electrons. The molecule has 26 heavy (non-hydrogen) atoms. The van der Waals surface area contributed by atoms with Crippen LogP contribution in [0.5, 0.6) is 11.5 Å². The molecule has 2 aliphatic heterocycles. The van der Waals surface area contributed by atoms with E-state index in [1.807, 2.05) is 18.2 Å². The second kappa shape index (κ2) is 10.0. The number of piperidine rings is 1. The van der Waals surface area contributed by atoms with E-state index in [1.165, 1.54) is 12.8 Å². The van der Waals surface area contributed by atoms with Crippen LogP contribution in [0.1, 0.15) is 51.1 Å². The molecule has 0 bridgehead atoms. The second-order valence-electron chi connectivity index (χ2n) is 7.42. The molecule has 1 unspecified atom stereocenters. The van der Waals surface area contributed by atoms with Crippen LogP contribution in [0.2, 0.25) is 0 Å². The van der Waals surface area contributed by atoms with Crippen molar-refractivity contribution in [2.45, 2.75) is 45.6 Å². The molecule has 3 rings (SSSR count). The van der Waals surface area contributed by atoms with Crippen molar-refractivity contribution in [3.05, 3.63) is 23.8 Å². The Kier molecular flexibility index (Phi) is 8.04. The van der Waals surface area contributed by atoms with Gasteiger partial charge >= 0.3 is 0 Å². The zero-order valence-corrected chi connectivity index (χ0v) is 16.6. The fraction of sp³-hybridized carbons (Fsp3) is 0.650. The van der Waals surface area contributed by atoms with Gasteiger partial charge in [0.15, 0.2) is 11.5 Å². The predicted octanol–water partition coefficient (Wildman–Crippen LogP) is 3.47. The van der Waals surface area contributed by atoms with Crippen LogP contribution in [0.25, 0.3) is 0 Å². The highest BCUT2D eigenvalue weighted by molar-refractivity contribution is 5.85. The zero-order valence-electron chi connectivity index (χ0n) is 15.8. The maximum Gasteiger partial charge on any atom is 0.220 e. The Labute approximate surface area is 162 Å². The quantitative estimate of drug-likeness (QED) is 0.790. The molecule has 2 heterocycles. The van der Waals surface area contributed by atoms with Crippen LogP contribution < -0.4 is 20.1 Å². The molecular weight excluding hydrogens is 352 g/mol.